The third-order valence-electron chi connectivity index (χ3n) is 2.86. The standard InChI is InChI=1S/C10H15N3O2S/c1-12-9-6-7-13(16(11,14)15)10-5-3-2-4-8(9)10/h2-5,9,12H,6-7H2,1H3,(H2,11,14,15). The number of nitrogens with two attached hydrogens (primary N) is 1. The molecule has 1 aromatic rings. The highest BCUT2D eigenvalue weighted by Gasteiger charge is 2.28. The van der Waals surface area contributed by atoms with Crippen LogP contribution in [0.5, 0.6) is 0 Å². The molecule has 88 valence electrons. The zero-order valence-corrected chi connectivity index (χ0v) is 9.87. The molecular weight excluding hydrogens is 226 g/mol. The number of rotatable bonds is 2. The van der Waals surface area contributed by atoms with Crippen molar-refractivity contribution in [3.05, 3.63) is 29.8 Å². The van der Waals surface area contributed by atoms with E-state index >= 15 is 0 Å². The Morgan fingerprint density at radius 1 is 1.44 bits per heavy atom. The van der Waals surface area contributed by atoms with Gasteiger partial charge in [-0.05, 0) is 25.1 Å². The Labute approximate surface area is 95.4 Å². The van der Waals surface area contributed by atoms with Crippen LogP contribution in [0.4, 0.5) is 5.69 Å². The first-order chi connectivity index (χ1) is 7.54. The third kappa shape index (κ3) is 1.91. The summed E-state index contributed by atoms with van der Waals surface area (Å²) < 4.78 is 24.1. The Morgan fingerprint density at radius 2 is 2.12 bits per heavy atom. The Hall–Kier alpha value is -1.11. The molecule has 0 aromatic heterocycles. The van der Waals surface area contributed by atoms with Gasteiger partial charge in [-0.25, -0.2) is 5.14 Å². The van der Waals surface area contributed by atoms with Crippen molar-refractivity contribution in [2.24, 2.45) is 5.14 Å². The van der Waals surface area contributed by atoms with Crippen LogP contribution in [0, 0.1) is 0 Å². The van der Waals surface area contributed by atoms with E-state index in [0.29, 0.717) is 12.2 Å². The zero-order valence-electron chi connectivity index (χ0n) is 9.05. The van der Waals surface area contributed by atoms with Crippen molar-refractivity contribution in [2.45, 2.75) is 12.5 Å². The van der Waals surface area contributed by atoms with E-state index in [1.165, 1.54) is 4.31 Å². The summed E-state index contributed by atoms with van der Waals surface area (Å²) in [6, 6.07) is 7.61. The predicted octanol–water partition coefficient (Wildman–Crippen LogP) is 0.361. The van der Waals surface area contributed by atoms with Crippen LogP contribution in [-0.2, 0) is 10.2 Å². The van der Waals surface area contributed by atoms with Gasteiger partial charge in [-0.3, -0.25) is 4.31 Å². The second-order valence-electron chi connectivity index (χ2n) is 3.81. The van der Waals surface area contributed by atoms with Gasteiger partial charge in [0, 0.05) is 12.6 Å². The fourth-order valence-electron chi connectivity index (χ4n) is 2.10. The molecule has 0 saturated carbocycles. The molecule has 0 radical (unpaired) electrons. The van der Waals surface area contributed by atoms with E-state index in [9.17, 15) is 8.42 Å². The highest BCUT2D eigenvalue weighted by molar-refractivity contribution is 7.90. The topological polar surface area (TPSA) is 75.4 Å². The van der Waals surface area contributed by atoms with Gasteiger partial charge in [-0.15, -0.1) is 0 Å². The molecule has 16 heavy (non-hydrogen) atoms. The number of hydrogen-bond donors (Lipinski definition) is 2. The average Bonchev–Trinajstić information content (AvgIpc) is 2.26. The smallest absolute Gasteiger partial charge is 0.299 e. The summed E-state index contributed by atoms with van der Waals surface area (Å²) in [6.07, 6.45) is 0.726. The molecule has 1 aliphatic heterocycles. The van der Waals surface area contributed by atoms with Crippen molar-refractivity contribution in [3.63, 3.8) is 0 Å². The van der Waals surface area contributed by atoms with Crippen LogP contribution in [0.1, 0.15) is 18.0 Å². The van der Waals surface area contributed by atoms with E-state index in [1.807, 2.05) is 25.2 Å². The second kappa shape index (κ2) is 4.04. The first-order valence-corrected chi connectivity index (χ1v) is 6.61. The lowest BCUT2D eigenvalue weighted by atomic mass is 9.98. The fourth-order valence-corrected chi connectivity index (χ4v) is 2.90. The number of nitrogens with one attached hydrogen (secondary N) is 1. The van der Waals surface area contributed by atoms with Crippen molar-refractivity contribution in [2.75, 3.05) is 17.9 Å². The van der Waals surface area contributed by atoms with Gasteiger partial charge in [0.15, 0.2) is 0 Å². The summed E-state index contributed by atoms with van der Waals surface area (Å²) >= 11 is 0. The summed E-state index contributed by atoms with van der Waals surface area (Å²) in [5.74, 6) is 0. The third-order valence-corrected chi connectivity index (χ3v) is 3.85. The highest BCUT2D eigenvalue weighted by Crippen LogP contribution is 2.34. The summed E-state index contributed by atoms with van der Waals surface area (Å²) in [6.45, 7) is 0.418. The molecule has 1 heterocycles. The minimum Gasteiger partial charge on any atom is -0.313 e. The van der Waals surface area contributed by atoms with Crippen molar-refractivity contribution in [1.82, 2.24) is 5.32 Å². The van der Waals surface area contributed by atoms with Crippen LogP contribution in [0.25, 0.3) is 0 Å². The number of para-hydroxylation sites is 1. The summed E-state index contributed by atoms with van der Waals surface area (Å²) in [5.41, 5.74) is 1.65. The second-order valence-corrected chi connectivity index (χ2v) is 5.28. The molecule has 1 aliphatic rings. The van der Waals surface area contributed by atoms with Crippen LogP contribution in [0.3, 0.4) is 0 Å². The van der Waals surface area contributed by atoms with Gasteiger partial charge < -0.3 is 5.32 Å². The van der Waals surface area contributed by atoms with Crippen molar-refractivity contribution in [3.8, 4) is 0 Å². The Bertz CT molecular complexity index is 487. The Morgan fingerprint density at radius 3 is 2.75 bits per heavy atom. The van der Waals surface area contributed by atoms with E-state index < -0.39 is 10.2 Å². The molecule has 3 N–H and O–H groups in total. The van der Waals surface area contributed by atoms with Gasteiger partial charge in [0.05, 0.1) is 5.69 Å². The molecule has 0 fully saturated rings. The predicted molar refractivity (Wildman–Crippen MR) is 63.3 cm³/mol. The average molecular weight is 241 g/mol. The summed E-state index contributed by atoms with van der Waals surface area (Å²) in [5, 5.41) is 8.36. The molecule has 6 heteroatoms. The van der Waals surface area contributed by atoms with E-state index in [1.54, 1.807) is 6.07 Å². The number of hydrogen-bond acceptors (Lipinski definition) is 3. The maximum absolute atomic E-state index is 11.4. The molecule has 5 nitrogen and oxygen atoms in total. The minimum absolute atomic E-state index is 0.189. The molecule has 0 amide bonds. The van der Waals surface area contributed by atoms with Gasteiger partial charge in [0.25, 0.3) is 10.2 Å². The Balaban J connectivity index is 2.51. The number of fused-ring (bicyclic) bond motifs is 1. The SMILES string of the molecule is CNC1CCN(S(N)(=O)=O)c2ccccc21. The normalized spacial score (nSPS) is 20.6. The first-order valence-electron chi connectivity index (χ1n) is 5.10. The monoisotopic (exact) mass is 241 g/mol. The molecule has 1 aromatic carbocycles. The van der Waals surface area contributed by atoms with Crippen molar-refractivity contribution >= 4 is 15.9 Å². The van der Waals surface area contributed by atoms with E-state index in [2.05, 4.69) is 5.32 Å². The molecule has 0 aliphatic carbocycles. The molecule has 0 spiro atoms. The van der Waals surface area contributed by atoms with Gasteiger partial charge in [0.1, 0.15) is 0 Å². The van der Waals surface area contributed by atoms with Crippen LogP contribution in [0.15, 0.2) is 24.3 Å². The summed E-state index contributed by atoms with van der Waals surface area (Å²) in [7, 11) is -1.80. The molecule has 2 rings (SSSR count). The lowest BCUT2D eigenvalue weighted by molar-refractivity contribution is 0.529. The molecule has 1 atom stereocenters. The molecular formula is C10H15N3O2S. The lowest BCUT2D eigenvalue weighted by Gasteiger charge is -2.33. The maximum atomic E-state index is 11.4. The highest BCUT2D eigenvalue weighted by atomic mass is 32.2. The minimum atomic E-state index is -3.67. The Kier molecular flexibility index (Phi) is 2.88. The van der Waals surface area contributed by atoms with E-state index in [-0.39, 0.29) is 6.04 Å². The zero-order chi connectivity index (χ0) is 11.8. The van der Waals surface area contributed by atoms with Crippen molar-refractivity contribution < 1.29 is 8.42 Å². The number of anilines is 1. The lowest BCUT2D eigenvalue weighted by Crippen LogP contribution is -2.42. The van der Waals surface area contributed by atoms with Crippen LogP contribution in [-0.4, -0.2) is 22.0 Å². The van der Waals surface area contributed by atoms with Gasteiger partial charge in [-0.1, -0.05) is 18.2 Å². The van der Waals surface area contributed by atoms with Crippen LogP contribution < -0.4 is 14.8 Å². The molecule has 1 unspecified atom stereocenters. The van der Waals surface area contributed by atoms with Crippen LogP contribution >= 0.6 is 0 Å². The van der Waals surface area contributed by atoms with Gasteiger partial charge in [0.2, 0.25) is 0 Å². The molecule has 0 bridgehead atoms. The largest absolute Gasteiger partial charge is 0.313 e. The van der Waals surface area contributed by atoms with Crippen LogP contribution in [0.2, 0.25) is 0 Å². The van der Waals surface area contributed by atoms with E-state index in [4.69, 9.17) is 5.14 Å². The maximum Gasteiger partial charge on any atom is 0.299 e. The van der Waals surface area contributed by atoms with Gasteiger partial charge >= 0.3 is 0 Å². The number of benzene rings is 1. The molecule has 0 saturated heterocycles. The quantitative estimate of drug-likeness (QED) is 0.785. The first kappa shape index (κ1) is 11.4. The van der Waals surface area contributed by atoms with Gasteiger partial charge in [-0.2, -0.15) is 8.42 Å². The van der Waals surface area contributed by atoms with Crippen molar-refractivity contribution in [1.29, 1.82) is 0 Å². The fraction of sp³-hybridized carbons (Fsp3) is 0.400. The number of nitrogens with zero attached hydrogens (tertiary/aromatic N) is 1. The summed E-state index contributed by atoms with van der Waals surface area (Å²) in [4.78, 5) is 0. The van der Waals surface area contributed by atoms with E-state index in [0.717, 1.165) is 12.0 Å².